The van der Waals surface area contributed by atoms with Crippen LogP contribution < -0.4 is 0 Å². The molecular weight excluding hydrogens is 223 g/mol. The minimum Gasteiger partial charge on any atom is -0.478 e. The van der Waals surface area contributed by atoms with Gasteiger partial charge in [-0.25, -0.2) is 4.79 Å². The Kier molecular flexibility index (Phi) is 3.55. The van der Waals surface area contributed by atoms with E-state index in [1.54, 1.807) is 12.1 Å². The predicted molar refractivity (Wildman–Crippen MR) is 57.9 cm³/mol. The summed E-state index contributed by atoms with van der Waals surface area (Å²) in [6.45, 7) is 1.83. The van der Waals surface area contributed by atoms with Crippen molar-refractivity contribution >= 4 is 35.2 Å². The fraction of sp³-hybridized carbons (Fsp3) is 0.100. The first-order valence-electron chi connectivity index (χ1n) is 3.88. The molecule has 0 saturated carbocycles. The molecule has 0 aliphatic carbocycles. The molecule has 74 valence electrons. The Morgan fingerprint density at radius 2 is 2.00 bits per heavy atom. The molecule has 1 aromatic carbocycles. The minimum absolute atomic E-state index is 0.379. The smallest absolute Gasteiger partial charge is 0.328 e. The molecule has 0 radical (unpaired) electrons. The zero-order valence-electron chi connectivity index (χ0n) is 7.42. The Morgan fingerprint density at radius 1 is 1.36 bits per heavy atom. The third-order valence-corrected chi connectivity index (χ3v) is 2.70. The van der Waals surface area contributed by atoms with Gasteiger partial charge in [0.25, 0.3) is 0 Å². The summed E-state index contributed by atoms with van der Waals surface area (Å²) in [6.07, 6.45) is 2.43. The quantitative estimate of drug-likeness (QED) is 0.792. The summed E-state index contributed by atoms with van der Waals surface area (Å²) in [5.41, 5.74) is 1.47. The molecule has 0 amide bonds. The molecule has 0 saturated heterocycles. The van der Waals surface area contributed by atoms with Crippen LogP contribution in [0.2, 0.25) is 10.0 Å². The lowest BCUT2D eigenvalue weighted by molar-refractivity contribution is -0.131. The lowest BCUT2D eigenvalue weighted by Crippen LogP contribution is -1.87. The molecule has 0 aliphatic heterocycles. The van der Waals surface area contributed by atoms with Gasteiger partial charge in [0.05, 0.1) is 10.0 Å². The van der Waals surface area contributed by atoms with Crippen molar-refractivity contribution in [2.45, 2.75) is 6.92 Å². The van der Waals surface area contributed by atoms with E-state index in [0.29, 0.717) is 15.6 Å². The highest BCUT2D eigenvalue weighted by Gasteiger charge is 2.04. The van der Waals surface area contributed by atoms with Crippen molar-refractivity contribution in [3.63, 3.8) is 0 Å². The van der Waals surface area contributed by atoms with Gasteiger partial charge < -0.3 is 5.11 Å². The third-order valence-electron chi connectivity index (χ3n) is 1.71. The molecular formula is C10H8Cl2O2. The Labute approximate surface area is 91.8 Å². The summed E-state index contributed by atoms with van der Waals surface area (Å²) < 4.78 is 0. The summed E-state index contributed by atoms with van der Waals surface area (Å²) in [5.74, 6) is -1.02. The number of rotatable bonds is 2. The molecule has 2 nitrogen and oxygen atoms in total. The molecule has 0 heterocycles. The number of aryl methyl sites for hydroxylation is 1. The van der Waals surface area contributed by atoms with Crippen LogP contribution in [0.25, 0.3) is 6.08 Å². The maximum atomic E-state index is 10.3. The molecule has 0 fully saturated rings. The third kappa shape index (κ3) is 2.50. The van der Waals surface area contributed by atoms with E-state index in [4.69, 9.17) is 28.3 Å². The normalized spacial score (nSPS) is 10.8. The van der Waals surface area contributed by atoms with Crippen LogP contribution in [0.1, 0.15) is 11.1 Å². The second-order valence-corrected chi connectivity index (χ2v) is 3.53. The molecule has 0 unspecified atom stereocenters. The van der Waals surface area contributed by atoms with Crippen molar-refractivity contribution < 1.29 is 9.90 Å². The summed E-state index contributed by atoms with van der Waals surface area (Å²) >= 11 is 11.8. The second-order valence-electron chi connectivity index (χ2n) is 2.77. The predicted octanol–water partition coefficient (Wildman–Crippen LogP) is 3.40. The topological polar surface area (TPSA) is 37.3 Å². The molecule has 1 rings (SSSR count). The molecule has 4 heteroatoms. The highest BCUT2D eigenvalue weighted by molar-refractivity contribution is 6.43. The number of carboxylic acids is 1. The van der Waals surface area contributed by atoms with E-state index in [1.165, 1.54) is 6.08 Å². The Balaban J connectivity index is 3.12. The van der Waals surface area contributed by atoms with Gasteiger partial charge in [-0.15, -0.1) is 0 Å². The SMILES string of the molecule is Cc1ccc(/C=C/C(=O)O)c(Cl)c1Cl. The molecule has 1 N–H and O–H groups in total. The van der Waals surface area contributed by atoms with Crippen LogP contribution in [-0.2, 0) is 4.79 Å². The first-order chi connectivity index (χ1) is 6.52. The lowest BCUT2D eigenvalue weighted by Gasteiger charge is -2.03. The molecule has 0 bridgehead atoms. The number of halogens is 2. The number of hydrogen-bond donors (Lipinski definition) is 1. The number of carboxylic acid groups (broad SMARTS) is 1. The Hall–Kier alpha value is -0.990. The average molecular weight is 231 g/mol. The highest BCUT2D eigenvalue weighted by atomic mass is 35.5. The van der Waals surface area contributed by atoms with Crippen molar-refractivity contribution in [2.75, 3.05) is 0 Å². The van der Waals surface area contributed by atoms with Crippen LogP contribution in [0.3, 0.4) is 0 Å². The van der Waals surface area contributed by atoms with E-state index in [-0.39, 0.29) is 0 Å². The van der Waals surface area contributed by atoms with Crippen molar-refractivity contribution in [1.29, 1.82) is 0 Å². The highest BCUT2D eigenvalue weighted by Crippen LogP contribution is 2.29. The van der Waals surface area contributed by atoms with E-state index in [1.807, 2.05) is 6.92 Å². The van der Waals surface area contributed by atoms with Crippen LogP contribution in [0, 0.1) is 6.92 Å². The largest absolute Gasteiger partial charge is 0.478 e. The van der Waals surface area contributed by atoms with Crippen molar-refractivity contribution in [3.8, 4) is 0 Å². The Morgan fingerprint density at radius 3 is 2.57 bits per heavy atom. The zero-order chi connectivity index (χ0) is 10.7. The van der Waals surface area contributed by atoms with Crippen molar-refractivity contribution in [3.05, 3.63) is 39.4 Å². The monoisotopic (exact) mass is 230 g/mol. The standard InChI is InChI=1S/C10H8Cl2O2/c1-6-2-3-7(4-5-8(13)14)10(12)9(6)11/h2-5H,1H3,(H,13,14)/b5-4+. The number of hydrogen-bond acceptors (Lipinski definition) is 1. The van der Waals surface area contributed by atoms with Gasteiger partial charge in [-0.2, -0.15) is 0 Å². The molecule has 1 aromatic rings. The van der Waals surface area contributed by atoms with E-state index in [2.05, 4.69) is 0 Å². The van der Waals surface area contributed by atoms with Crippen LogP contribution >= 0.6 is 23.2 Å². The van der Waals surface area contributed by atoms with Gasteiger partial charge in [0.2, 0.25) is 0 Å². The Bertz CT molecular complexity index is 397. The maximum absolute atomic E-state index is 10.3. The fourth-order valence-electron chi connectivity index (χ4n) is 0.951. The zero-order valence-corrected chi connectivity index (χ0v) is 8.93. The summed E-state index contributed by atoms with van der Waals surface area (Å²) in [6, 6.07) is 3.51. The van der Waals surface area contributed by atoms with E-state index >= 15 is 0 Å². The summed E-state index contributed by atoms with van der Waals surface area (Å²) in [4.78, 5) is 10.3. The number of carbonyl (C=O) groups is 1. The van der Waals surface area contributed by atoms with Crippen LogP contribution in [0.4, 0.5) is 0 Å². The number of aliphatic carboxylic acids is 1. The summed E-state index contributed by atoms with van der Waals surface area (Å²) in [5, 5.41) is 9.26. The van der Waals surface area contributed by atoms with Crippen molar-refractivity contribution in [2.24, 2.45) is 0 Å². The van der Waals surface area contributed by atoms with Crippen LogP contribution in [0.5, 0.6) is 0 Å². The molecule has 0 aromatic heterocycles. The van der Waals surface area contributed by atoms with Gasteiger partial charge in [0.1, 0.15) is 0 Å². The summed E-state index contributed by atoms with van der Waals surface area (Å²) in [7, 11) is 0. The first-order valence-corrected chi connectivity index (χ1v) is 4.63. The first kappa shape index (κ1) is 11.1. The van der Waals surface area contributed by atoms with Gasteiger partial charge in [-0.3, -0.25) is 0 Å². The molecule has 14 heavy (non-hydrogen) atoms. The number of benzene rings is 1. The average Bonchev–Trinajstić information content (AvgIpc) is 2.13. The van der Waals surface area contributed by atoms with E-state index < -0.39 is 5.97 Å². The second kappa shape index (κ2) is 4.49. The fourth-order valence-corrected chi connectivity index (χ4v) is 1.40. The van der Waals surface area contributed by atoms with Gasteiger partial charge in [-0.1, -0.05) is 35.3 Å². The van der Waals surface area contributed by atoms with Crippen molar-refractivity contribution in [1.82, 2.24) is 0 Å². The van der Waals surface area contributed by atoms with Gasteiger partial charge in [-0.05, 0) is 24.1 Å². The maximum Gasteiger partial charge on any atom is 0.328 e. The van der Waals surface area contributed by atoms with E-state index in [0.717, 1.165) is 11.6 Å². The van der Waals surface area contributed by atoms with E-state index in [9.17, 15) is 4.79 Å². The molecule has 0 aliphatic rings. The van der Waals surface area contributed by atoms with Crippen LogP contribution in [-0.4, -0.2) is 11.1 Å². The lowest BCUT2D eigenvalue weighted by atomic mass is 10.1. The van der Waals surface area contributed by atoms with Gasteiger partial charge in [0, 0.05) is 6.08 Å². The van der Waals surface area contributed by atoms with Gasteiger partial charge >= 0.3 is 5.97 Å². The molecule has 0 atom stereocenters. The van der Waals surface area contributed by atoms with Gasteiger partial charge in [0.15, 0.2) is 0 Å². The van der Waals surface area contributed by atoms with Crippen LogP contribution in [0.15, 0.2) is 18.2 Å². The molecule has 0 spiro atoms. The minimum atomic E-state index is -1.02.